The summed E-state index contributed by atoms with van der Waals surface area (Å²) in [5, 5.41) is 14.3. The Labute approximate surface area is 189 Å². The van der Waals surface area contributed by atoms with E-state index in [-0.39, 0.29) is 5.56 Å². The van der Waals surface area contributed by atoms with E-state index in [1.165, 1.54) is 17.4 Å². The van der Waals surface area contributed by atoms with Crippen molar-refractivity contribution in [1.82, 2.24) is 24.3 Å². The molecule has 7 nitrogen and oxygen atoms in total. The summed E-state index contributed by atoms with van der Waals surface area (Å²) in [4.78, 5) is 21.4. The van der Waals surface area contributed by atoms with Crippen molar-refractivity contribution in [1.29, 1.82) is 5.26 Å². The van der Waals surface area contributed by atoms with Crippen LogP contribution in [0.3, 0.4) is 0 Å². The van der Waals surface area contributed by atoms with Gasteiger partial charge in [0, 0.05) is 61.0 Å². The van der Waals surface area contributed by atoms with E-state index < -0.39 is 0 Å². The van der Waals surface area contributed by atoms with Gasteiger partial charge in [-0.1, -0.05) is 17.7 Å². The van der Waals surface area contributed by atoms with E-state index in [9.17, 15) is 10.1 Å². The molecule has 3 aromatic heterocycles. The standard InChI is InChI=1S/C24H19ClN6O/c1-30-14-20(17-12-29-31(13-17)22-4-2-3-21(25)19(22)9-26)18(8-24(30)32)16-10-27-23(28-11-16)7-15-5-6-15/h2-4,8,10-15H,5-7H2,1H3. The van der Waals surface area contributed by atoms with Crippen LogP contribution in [0.1, 0.15) is 24.2 Å². The zero-order valence-corrected chi connectivity index (χ0v) is 18.1. The van der Waals surface area contributed by atoms with Gasteiger partial charge in [-0.25, -0.2) is 14.6 Å². The lowest BCUT2D eigenvalue weighted by atomic mass is 10.0. The molecule has 32 heavy (non-hydrogen) atoms. The highest BCUT2D eigenvalue weighted by molar-refractivity contribution is 6.32. The van der Waals surface area contributed by atoms with Crippen LogP contribution in [0.4, 0.5) is 0 Å². The summed E-state index contributed by atoms with van der Waals surface area (Å²) >= 11 is 6.18. The SMILES string of the molecule is Cn1cc(-c2cnn(-c3cccc(Cl)c3C#N)c2)c(-c2cnc(CC3CC3)nc2)cc1=O. The fourth-order valence-corrected chi connectivity index (χ4v) is 3.90. The van der Waals surface area contributed by atoms with Crippen LogP contribution in [0.2, 0.25) is 5.02 Å². The lowest BCUT2D eigenvalue weighted by Gasteiger charge is -2.10. The van der Waals surface area contributed by atoms with Crippen LogP contribution >= 0.6 is 11.6 Å². The molecule has 0 aliphatic heterocycles. The molecular weight excluding hydrogens is 424 g/mol. The Kier molecular flexibility index (Phi) is 5.08. The van der Waals surface area contributed by atoms with Crippen molar-refractivity contribution in [3.05, 3.63) is 82.0 Å². The molecule has 3 heterocycles. The van der Waals surface area contributed by atoms with Crippen molar-refractivity contribution in [3.63, 3.8) is 0 Å². The van der Waals surface area contributed by atoms with Gasteiger partial charge < -0.3 is 4.57 Å². The monoisotopic (exact) mass is 442 g/mol. The fourth-order valence-electron chi connectivity index (χ4n) is 3.69. The van der Waals surface area contributed by atoms with Crippen molar-refractivity contribution in [2.45, 2.75) is 19.3 Å². The van der Waals surface area contributed by atoms with E-state index in [1.54, 1.807) is 60.8 Å². The second kappa shape index (κ2) is 8.06. The lowest BCUT2D eigenvalue weighted by molar-refractivity contribution is 0.770. The van der Waals surface area contributed by atoms with Crippen LogP contribution in [0.5, 0.6) is 0 Å². The van der Waals surface area contributed by atoms with Crippen molar-refractivity contribution in [3.8, 4) is 34.0 Å². The summed E-state index contributed by atoms with van der Waals surface area (Å²) < 4.78 is 3.14. The summed E-state index contributed by atoms with van der Waals surface area (Å²) in [6, 6.07) is 8.96. The number of rotatable bonds is 5. The molecule has 1 aliphatic rings. The lowest BCUT2D eigenvalue weighted by Crippen LogP contribution is -2.15. The van der Waals surface area contributed by atoms with Crippen LogP contribution in [0.15, 0.2) is 60.0 Å². The quantitative estimate of drug-likeness (QED) is 0.462. The number of nitrogens with zero attached hydrogens (tertiary/aromatic N) is 6. The molecule has 5 rings (SSSR count). The maximum absolute atomic E-state index is 12.4. The minimum absolute atomic E-state index is 0.125. The minimum Gasteiger partial charge on any atom is -0.318 e. The Hall–Kier alpha value is -3.76. The largest absolute Gasteiger partial charge is 0.318 e. The predicted octanol–water partition coefficient (Wildman–Crippen LogP) is 4.17. The van der Waals surface area contributed by atoms with Crippen molar-refractivity contribution in [2.75, 3.05) is 0 Å². The second-order valence-electron chi connectivity index (χ2n) is 8.00. The molecule has 1 aromatic carbocycles. The number of benzene rings is 1. The Bertz CT molecular complexity index is 1410. The molecule has 0 amide bonds. The molecule has 158 valence electrons. The molecule has 1 fully saturated rings. The summed E-state index contributed by atoms with van der Waals surface area (Å²) in [5.41, 5.74) is 3.93. The van der Waals surface area contributed by atoms with Crippen LogP contribution < -0.4 is 5.56 Å². The molecular formula is C24H19ClN6O. The Balaban J connectivity index is 1.58. The van der Waals surface area contributed by atoms with Gasteiger partial charge in [-0.05, 0) is 36.5 Å². The van der Waals surface area contributed by atoms with E-state index in [2.05, 4.69) is 21.1 Å². The first-order valence-corrected chi connectivity index (χ1v) is 10.7. The number of aromatic nitrogens is 5. The highest BCUT2D eigenvalue weighted by Crippen LogP contribution is 2.33. The number of halogens is 1. The first-order chi connectivity index (χ1) is 15.5. The van der Waals surface area contributed by atoms with Gasteiger partial charge in [0.1, 0.15) is 11.9 Å². The molecule has 1 saturated carbocycles. The fraction of sp³-hybridized carbons (Fsp3) is 0.208. The van der Waals surface area contributed by atoms with Crippen molar-refractivity contribution < 1.29 is 0 Å². The normalized spacial score (nSPS) is 13.2. The predicted molar refractivity (Wildman–Crippen MR) is 121 cm³/mol. The van der Waals surface area contributed by atoms with E-state index in [4.69, 9.17) is 11.6 Å². The molecule has 0 unspecified atom stereocenters. The summed E-state index contributed by atoms with van der Waals surface area (Å²) in [5.74, 6) is 1.54. The average molecular weight is 443 g/mol. The van der Waals surface area contributed by atoms with Gasteiger partial charge >= 0.3 is 0 Å². The summed E-state index contributed by atoms with van der Waals surface area (Å²) in [6.07, 6.45) is 12.2. The van der Waals surface area contributed by atoms with Gasteiger partial charge in [0.2, 0.25) is 0 Å². The van der Waals surface area contributed by atoms with Crippen LogP contribution in [-0.2, 0) is 13.5 Å². The van der Waals surface area contributed by atoms with Crippen molar-refractivity contribution >= 4 is 11.6 Å². The zero-order chi connectivity index (χ0) is 22.2. The van der Waals surface area contributed by atoms with Gasteiger partial charge in [-0.2, -0.15) is 10.4 Å². The topological polar surface area (TPSA) is 89.4 Å². The van der Waals surface area contributed by atoms with Crippen LogP contribution in [0, 0.1) is 17.2 Å². The molecule has 0 N–H and O–H groups in total. The Morgan fingerprint density at radius 1 is 1.12 bits per heavy atom. The molecule has 8 heteroatoms. The maximum atomic E-state index is 12.4. The number of pyridine rings is 1. The number of aryl methyl sites for hydroxylation is 1. The third-order valence-corrected chi connectivity index (χ3v) is 5.97. The molecule has 1 aliphatic carbocycles. The second-order valence-corrected chi connectivity index (χ2v) is 8.41. The number of hydrogen-bond acceptors (Lipinski definition) is 5. The molecule has 0 radical (unpaired) electrons. The molecule has 0 saturated heterocycles. The first-order valence-electron chi connectivity index (χ1n) is 10.3. The van der Waals surface area contributed by atoms with E-state index in [1.807, 2.05) is 6.20 Å². The Morgan fingerprint density at radius 3 is 2.62 bits per heavy atom. The number of nitriles is 1. The summed E-state index contributed by atoms with van der Waals surface area (Å²) in [7, 11) is 1.71. The van der Waals surface area contributed by atoms with Crippen molar-refractivity contribution in [2.24, 2.45) is 13.0 Å². The molecule has 0 bridgehead atoms. The molecule has 0 spiro atoms. The molecule has 4 aromatic rings. The highest BCUT2D eigenvalue weighted by Gasteiger charge is 2.23. The van der Waals surface area contributed by atoms with Gasteiger partial charge in [0.15, 0.2) is 0 Å². The van der Waals surface area contributed by atoms with Gasteiger partial charge in [-0.3, -0.25) is 4.79 Å². The minimum atomic E-state index is -0.125. The van der Waals surface area contributed by atoms with Crippen LogP contribution in [0.25, 0.3) is 27.9 Å². The van der Waals surface area contributed by atoms with Gasteiger partial charge in [0.25, 0.3) is 5.56 Å². The number of hydrogen-bond donors (Lipinski definition) is 0. The van der Waals surface area contributed by atoms with Gasteiger partial charge in [0.05, 0.1) is 22.5 Å². The van der Waals surface area contributed by atoms with Crippen LogP contribution in [-0.4, -0.2) is 24.3 Å². The average Bonchev–Trinajstić information content (AvgIpc) is 3.47. The van der Waals surface area contributed by atoms with E-state index in [0.717, 1.165) is 34.5 Å². The Morgan fingerprint density at radius 2 is 1.91 bits per heavy atom. The highest BCUT2D eigenvalue weighted by atomic mass is 35.5. The third-order valence-electron chi connectivity index (χ3n) is 5.66. The first kappa shape index (κ1) is 20.2. The zero-order valence-electron chi connectivity index (χ0n) is 17.4. The molecule has 0 atom stereocenters. The summed E-state index contributed by atoms with van der Waals surface area (Å²) in [6.45, 7) is 0. The smallest absolute Gasteiger partial charge is 0.250 e. The van der Waals surface area contributed by atoms with E-state index >= 15 is 0 Å². The van der Waals surface area contributed by atoms with E-state index in [0.29, 0.717) is 22.2 Å². The maximum Gasteiger partial charge on any atom is 0.250 e. The van der Waals surface area contributed by atoms with Gasteiger partial charge in [-0.15, -0.1) is 0 Å². The third kappa shape index (κ3) is 3.81.